The first-order valence-corrected chi connectivity index (χ1v) is 6.26. The highest BCUT2D eigenvalue weighted by atomic mass is 16.5. The second-order valence-corrected chi connectivity index (χ2v) is 4.40. The van der Waals surface area contributed by atoms with Crippen LogP contribution < -0.4 is 11.1 Å². The van der Waals surface area contributed by atoms with Crippen LogP contribution in [-0.2, 0) is 11.3 Å². The van der Waals surface area contributed by atoms with Gasteiger partial charge in [0.2, 0.25) is 5.91 Å². The Labute approximate surface area is 109 Å². The van der Waals surface area contributed by atoms with Crippen molar-refractivity contribution in [2.45, 2.75) is 33.4 Å². The van der Waals surface area contributed by atoms with Crippen LogP contribution in [-0.4, -0.2) is 25.2 Å². The van der Waals surface area contributed by atoms with Gasteiger partial charge in [0, 0.05) is 25.3 Å². The van der Waals surface area contributed by atoms with Crippen LogP contribution in [0, 0.1) is 6.92 Å². The highest BCUT2D eigenvalue weighted by molar-refractivity contribution is 5.93. The predicted octanol–water partition coefficient (Wildman–Crippen LogP) is 1.61. The summed E-state index contributed by atoms with van der Waals surface area (Å²) in [5.74, 6) is -0.387. The third-order valence-corrected chi connectivity index (χ3v) is 2.83. The molecule has 0 heterocycles. The number of nitrogens with two attached hydrogens (primary N) is 1. The molecule has 18 heavy (non-hydrogen) atoms. The molecule has 0 spiro atoms. The van der Waals surface area contributed by atoms with Crippen LogP contribution in [0.2, 0.25) is 0 Å². The van der Waals surface area contributed by atoms with E-state index in [0.29, 0.717) is 5.56 Å². The summed E-state index contributed by atoms with van der Waals surface area (Å²) in [7, 11) is 0. The Hall–Kier alpha value is -1.39. The number of hydrogen-bond donors (Lipinski definition) is 2. The minimum Gasteiger partial charge on any atom is -0.377 e. The van der Waals surface area contributed by atoms with E-state index in [2.05, 4.69) is 5.32 Å². The van der Waals surface area contributed by atoms with Crippen LogP contribution in [0.25, 0.3) is 0 Å². The number of carbonyl (C=O) groups is 1. The van der Waals surface area contributed by atoms with Crippen LogP contribution in [0.4, 0.5) is 0 Å². The summed E-state index contributed by atoms with van der Waals surface area (Å²) in [5, 5.41) is 3.33. The number of hydrogen-bond acceptors (Lipinski definition) is 3. The van der Waals surface area contributed by atoms with Crippen molar-refractivity contribution in [3.8, 4) is 0 Å². The van der Waals surface area contributed by atoms with Crippen molar-refractivity contribution in [2.24, 2.45) is 5.73 Å². The minimum absolute atomic E-state index is 0.209. The molecule has 0 aliphatic heterocycles. The maximum atomic E-state index is 11.0. The Kier molecular flexibility index (Phi) is 5.82. The molecule has 0 bridgehead atoms. The van der Waals surface area contributed by atoms with E-state index in [0.717, 1.165) is 25.3 Å². The summed E-state index contributed by atoms with van der Waals surface area (Å²) in [4.78, 5) is 11.0. The average molecular weight is 250 g/mol. The van der Waals surface area contributed by atoms with E-state index in [-0.39, 0.29) is 12.0 Å². The zero-order valence-corrected chi connectivity index (χ0v) is 11.3. The smallest absolute Gasteiger partial charge is 0.248 e. The molecule has 1 rings (SSSR count). The van der Waals surface area contributed by atoms with E-state index in [1.807, 2.05) is 32.9 Å². The Bertz CT molecular complexity index is 405. The summed E-state index contributed by atoms with van der Waals surface area (Å²) in [5.41, 5.74) is 8.03. The van der Waals surface area contributed by atoms with Gasteiger partial charge >= 0.3 is 0 Å². The fourth-order valence-corrected chi connectivity index (χ4v) is 1.80. The standard InChI is InChI=1S/C14H22N2O2/c1-4-18-11(3)8-16-9-13-6-5-12(14(15)17)7-10(13)2/h5-7,11,16H,4,8-9H2,1-3H3,(H2,15,17). The molecule has 0 aromatic heterocycles. The molecule has 0 radical (unpaired) electrons. The zero-order chi connectivity index (χ0) is 13.5. The molecule has 0 fully saturated rings. The first kappa shape index (κ1) is 14.7. The van der Waals surface area contributed by atoms with Crippen molar-refractivity contribution < 1.29 is 9.53 Å². The molecule has 1 atom stereocenters. The highest BCUT2D eigenvalue weighted by Gasteiger charge is 2.05. The SMILES string of the molecule is CCOC(C)CNCc1ccc(C(N)=O)cc1C. The third kappa shape index (κ3) is 4.47. The van der Waals surface area contributed by atoms with E-state index in [9.17, 15) is 4.79 Å². The number of amides is 1. The topological polar surface area (TPSA) is 64.3 Å². The van der Waals surface area contributed by atoms with Gasteiger partial charge in [-0.25, -0.2) is 0 Å². The van der Waals surface area contributed by atoms with E-state index >= 15 is 0 Å². The van der Waals surface area contributed by atoms with E-state index in [1.165, 1.54) is 5.56 Å². The van der Waals surface area contributed by atoms with Gasteiger partial charge in [0.25, 0.3) is 0 Å². The van der Waals surface area contributed by atoms with Gasteiger partial charge in [-0.2, -0.15) is 0 Å². The normalized spacial score (nSPS) is 12.4. The van der Waals surface area contributed by atoms with Crippen molar-refractivity contribution in [2.75, 3.05) is 13.2 Å². The van der Waals surface area contributed by atoms with Crippen LogP contribution in [0.5, 0.6) is 0 Å². The van der Waals surface area contributed by atoms with Crippen LogP contribution in [0.15, 0.2) is 18.2 Å². The fraction of sp³-hybridized carbons (Fsp3) is 0.500. The highest BCUT2D eigenvalue weighted by Crippen LogP contribution is 2.10. The summed E-state index contributed by atoms with van der Waals surface area (Å²) in [6, 6.07) is 5.53. The van der Waals surface area contributed by atoms with Gasteiger partial charge in [-0.15, -0.1) is 0 Å². The van der Waals surface area contributed by atoms with Gasteiger partial charge in [-0.1, -0.05) is 6.07 Å². The Balaban J connectivity index is 2.50. The first-order chi connectivity index (χ1) is 8.54. The molecule has 1 amide bonds. The number of aryl methyl sites for hydroxylation is 1. The summed E-state index contributed by atoms with van der Waals surface area (Å²) in [6.45, 7) is 8.32. The third-order valence-electron chi connectivity index (χ3n) is 2.83. The molecule has 0 saturated heterocycles. The number of nitrogens with one attached hydrogen (secondary N) is 1. The first-order valence-electron chi connectivity index (χ1n) is 6.26. The largest absolute Gasteiger partial charge is 0.377 e. The second kappa shape index (κ2) is 7.13. The molecule has 0 saturated carbocycles. The lowest BCUT2D eigenvalue weighted by molar-refractivity contribution is 0.0759. The summed E-state index contributed by atoms with van der Waals surface area (Å²) in [6.07, 6.45) is 0.209. The summed E-state index contributed by atoms with van der Waals surface area (Å²) >= 11 is 0. The molecule has 4 nitrogen and oxygen atoms in total. The summed E-state index contributed by atoms with van der Waals surface area (Å²) < 4.78 is 5.44. The molecule has 0 aliphatic carbocycles. The molecule has 100 valence electrons. The number of benzene rings is 1. The van der Waals surface area contributed by atoms with E-state index in [4.69, 9.17) is 10.5 Å². The molecule has 3 N–H and O–H groups in total. The molecule has 1 aromatic carbocycles. The van der Waals surface area contributed by atoms with Crippen molar-refractivity contribution in [3.05, 3.63) is 34.9 Å². The van der Waals surface area contributed by atoms with Gasteiger partial charge in [-0.05, 0) is 44.0 Å². The molecule has 0 aliphatic rings. The van der Waals surface area contributed by atoms with Crippen LogP contribution in [0.3, 0.4) is 0 Å². The van der Waals surface area contributed by atoms with Crippen molar-refractivity contribution >= 4 is 5.91 Å². The minimum atomic E-state index is -0.387. The number of ether oxygens (including phenoxy) is 1. The fourth-order valence-electron chi connectivity index (χ4n) is 1.80. The molecular weight excluding hydrogens is 228 g/mol. The van der Waals surface area contributed by atoms with Crippen molar-refractivity contribution in [1.82, 2.24) is 5.32 Å². The van der Waals surface area contributed by atoms with Crippen LogP contribution >= 0.6 is 0 Å². The molecule has 1 unspecified atom stereocenters. The van der Waals surface area contributed by atoms with Gasteiger partial charge in [0.05, 0.1) is 6.10 Å². The Morgan fingerprint density at radius 1 is 1.50 bits per heavy atom. The van der Waals surface area contributed by atoms with Crippen molar-refractivity contribution in [1.29, 1.82) is 0 Å². The van der Waals surface area contributed by atoms with Crippen LogP contribution in [0.1, 0.15) is 35.3 Å². The van der Waals surface area contributed by atoms with E-state index in [1.54, 1.807) is 6.07 Å². The second-order valence-electron chi connectivity index (χ2n) is 4.40. The monoisotopic (exact) mass is 250 g/mol. The average Bonchev–Trinajstić information content (AvgIpc) is 2.31. The van der Waals surface area contributed by atoms with Crippen molar-refractivity contribution in [3.63, 3.8) is 0 Å². The zero-order valence-electron chi connectivity index (χ0n) is 11.3. The lowest BCUT2D eigenvalue weighted by Gasteiger charge is -2.13. The van der Waals surface area contributed by atoms with E-state index < -0.39 is 0 Å². The lowest BCUT2D eigenvalue weighted by atomic mass is 10.0. The van der Waals surface area contributed by atoms with Gasteiger partial charge in [0.15, 0.2) is 0 Å². The van der Waals surface area contributed by atoms with Gasteiger partial charge < -0.3 is 15.8 Å². The number of primary amides is 1. The quantitative estimate of drug-likeness (QED) is 0.772. The van der Waals surface area contributed by atoms with Gasteiger partial charge in [0.1, 0.15) is 0 Å². The molecule has 4 heteroatoms. The molecular formula is C14H22N2O2. The van der Waals surface area contributed by atoms with Gasteiger partial charge in [-0.3, -0.25) is 4.79 Å². The Morgan fingerprint density at radius 2 is 2.22 bits per heavy atom. The lowest BCUT2D eigenvalue weighted by Crippen LogP contribution is -2.26. The number of carbonyl (C=O) groups excluding carboxylic acids is 1. The predicted molar refractivity (Wildman–Crippen MR) is 72.5 cm³/mol. The molecule has 1 aromatic rings. The number of rotatable bonds is 7. The maximum absolute atomic E-state index is 11.0. The Morgan fingerprint density at radius 3 is 2.78 bits per heavy atom. The maximum Gasteiger partial charge on any atom is 0.248 e.